The summed E-state index contributed by atoms with van der Waals surface area (Å²) in [6, 6.07) is 12.4. The van der Waals surface area contributed by atoms with Gasteiger partial charge in [0.15, 0.2) is 11.3 Å². The van der Waals surface area contributed by atoms with Crippen LogP contribution in [0.5, 0.6) is 0 Å². The van der Waals surface area contributed by atoms with Crippen LogP contribution in [0, 0.1) is 5.41 Å². The Bertz CT molecular complexity index is 1350. The van der Waals surface area contributed by atoms with Crippen LogP contribution in [0.25, 0.3) is 33.9 Å². The summed E-state index contributed by atoms with van der Waals surface area (Å²) in [5.41, 5.74) is 5.89. The number of aromatic amines is 1. The van der Waals surface area contributed by atoms with Crippen LogP contribution in [-0.2, 0) is 6.54 Å². The van der Waals surface area contributed by atoms with Crippen LogP contribution in [0.15, 0.2) is 53.7 Å². The molecular formula is C25H26N6O. The highest BCUT2D eigenvalue weighted by molar-refractivity contribution is 5.83. The lowest BCUT2D eigenvalue weighted by atomic mass is 9.84. The van der Waals surface area contributed by atoms with Crippen LogP contribution in [0.2, 0.25) is 0 Å². The summed E-state index contributed by atoms with van der Waals surface area (Å²) < 4.78 is 4.41. The van der Waals surface area contributed by atoms with E-state index in [1.165, 1.54) is 30.4 Å². The standard InChI is InChI=1S/C25H26N6O/c1-25(2,3)20-13-31-23(18-11-19(32)17(12-30(18)20)24-26-14-27-28-24)21(15-7-5-4-6-8-15)22(29-31)16-9-10-16/h4-8,11-12,14,16,20H,9-10,13H2,1-3H3,(H,26,27,28)/t20-/m0/s1. The van der Waals surface area contributed by atoms with Crippen LogP contribution < -0.4 is 5.43 Å². The van der Waals surface area contributed by atoms with Crippen LogP contribution in [0.4, 0.5) is 0 Å². The van der Waals surface area contributed by atoms with E-state index in [9.17, 15) is 4.79 Å². The summed E-state index contributed by atoms with van der Waals surface area (Å²) in [5, 5.41) is 11.9. The molecule has 0 bridgehead atoms. The molecule has 0 spiro atoms. The fourth-order valence-electron chi connectivity index (χ4n) is 4.86. The second-order valence-electron chi connectivity index (χ2n) is 9.99. The van der Waals surface area contributed by atoms with E-state index in [1.807, 2.05) is 12.3 Å². The molecule has 0 saturated heterocycles. The Labute approximate surface area is 186 Å². The third-order valence-electron chi connectivity index (χ3n) is 6.68. The van der Waals surface area contributed by atoms with Crippen molar-refractivity contribution in [3.63, 3.8) is 0 Å². The van der Waals surface area contributed by atoms with Crippen LogP contribution in [-0.4, -0.2) is 29.5 Å². The van der Waals surface area contributed by atoms with E-state index < -0.39 is 0 Å². The minimum Gasteiger partial charge on any atom is -0.340 e. The highest BCUT2D eigenvalue weighted by atomic mass is 16.1. The maximum Gasteiger partial charge on any atom is 0.193 e. The van der Waals surface area contributed by atoms with Gasteiger partial charge in [0.05, 0.1) is 35.2 Å². The number of rotatable bonds is 3. The lowest BCUT2D eigenvalue weighted by molar-refractivity contribution is 0.202. The van der Waals surface area contributed by atoms with Gasteiger partial charge in [-0.2, -0.15) is 10.2 Å². The molecule has 1 aliphatic carbocycles. The SMILES string of the molecule is CC(C)(C)[C@@H]1Cn2nc(C3CC3)c(-c3ccccc3)c2-c2cc(=O)c(-c3ncn[nH]3)cn21. The zero-order valence-electron chi connectivity index (χ0n) is 18.5. The topological polar surface area (TPSA) is 81.4 Å². The van der Waals surface area contributed by atoms with Crippen molar-refractivity contribution in [2.45, 2.75) is 52.1 Å². The summed E-state index contributed by atoms with van der Waals surface area (Å²) in [4.78, 5) is 17.5. The molecule has 6 rings (SSSR count). The quantitative estimate of drug-likeness (QED) is 0.517. The molecule has 7 nitrogen and oxygen atoms in total. The van der Waals surface area contributed by atoms with Gasteiger partial charge >= 0.3 is 0 Å². The monoisotopic (exact) mass is 426 g/mol. The normalized spacial score (nSPS) is 17.8. The fourth-order valence-corrected chi connectivity index (χ4v) is 4.86. The van der Waals surface area contributed by atoms with E-state index in [-0.39, 0.29) is 16.9 Å². The third kappa shape index (κ3) is 2.95. The number of benzene rings is 1. The van der Waals surface area contributed by atoms with Crippen molar-refractivity contribution < 1.29 is 0 Å². The highest BCUT2D eigenvalue weighted by Crippen LogP contribution is 2.50. The van der Waals surface area contributed by atoms with Gasteiger partial charge in [-0.1, -0.05) is 51.1 Å². The van der Waals surface area contributed by atoms with E-state index in [0.29, 0.717) is 17.3 Å². The van der Waals surface area contributed by atoms with E-state index in [4.69, 9.17) is 5.10 Å². The molecule has 4 aromatic rings. The number of hydrogen-bond acceptors (Lipinski definition) is 4. The summed E-state index contributed by atoms with van der Waals surface area (Å²) in [7, 11) is 0. The Hall–Kier alpha value is -3.48. The van der Waals surface area contributed by atoms with Crippen molar-refractivity contribution in [1.29, 1.82) is 0 Å². The highest BCUT2D eigenvalue weighted by Gasteiger charge is 2.39. The molecule has 3 aromatic heterocycles. The predicted molar refractivity (Wildman–Crippen MR) is 123 cm³/mol. The molecule has 1 saturated carbocycles. The number of pyridine rings is 1. The molecule has 1 aliphatic heterocycles. The molecule has 0 unspecified atom stereocenters. The smallest absolute Gasteiger partial charge is 0.193 e. The molecule has 7 heteroatoms. The Kier molecular flexibility index (Phi) is 4.06. The van der Waals surface area contributed by atoms with Crippen molar-refractivity contribution >= 4 is 0 Å². The molecule has 0 radical (unpaired) electrons. The van der Waals surface area contributed by atoms with Gasteiger partial charge in [-0.25, -0.2) is 4.98 Å². The molecule has 1 atom stereocenters. The van der Waals surface area contributed by atoms with Crippen molar-refractivity contribution in [3.05, 3.63) is 64.8 Å². The maximum atomic E-state index is 13.2. The first-order valence-corrected chi connectivity index (χ1v) is 11.2. The first-order valence-electron chi connectivity index (χ1n) is 11.2. The number of nitrogens with zero attached hydrogens (tertiary/aromatic N) is 5. The summed E-state index contributed by atoms with van der Waals surface area (Å²) in [5.74, 6) is 1.00. The molecule has 4 heterocycles. The van der Waals surface area contributed by atoms with Gasteiger partial charge in [0.1, 0.15) is 6.33 Å². The van der Waals surface area contributed by atoms with Crippen molar-refractivity contribution in [2.75, 3.05) is 0 Å². The zero-order chi connectivity index (χ0) is 22.0. The summed E-state index contributed by atoms with van der Waals surface area (Å²) in [6.45, 7) is 7.48. The number of nitrogens with one attached hydrogen (secondary N) is 1. The second-order valence-corrected chi connectivity index (χ2v) is 9.99. The largest absolute Gasteiger partial charge is 0.340 e. The Balaban J connectivity index is 1.65. The molecular weight excluding hydrogens is 400 g/mol. The van der Waals surface area contributed by atoms with Gasteiger partial charge in [0.2, 0.25) is 0 Å². The number of fused-ring (bicyclic) bond motifs is 3. The van der Waals surface area contributed by atoms with E-state index >= 15 is 0 Å². The number of aromatic nitrogens is 6. The number of hydrogen-bond donors (Lipinski definition) is 1. The number of H-pyrrole nitrogens is 1. The Morgan fingerprint density at radius 2 is 1.91 bits per heavy atom. The van der Waals surface area contributed by atoms with Crippen molar-refractivity contribution in [2.24, 2.45) is 5.41 Å². The Morgan fingerprint density at radius 1 is 1.12 bits per heavy atom. The molecule has 162 valence electrons. The van der Waals surface area contributed by atoms with Crippen LogP contribution in [0.3, 0.4) is 0 Å². The molecule has 32 heavy (non-hydrogen) atoms. The lowest BCUT2D eigenvalue weighted by Gasteiger charge is -2.38. The minimum absolute atomic E-state index is 0.0290. The van der Waals surface area contributed by atoms with E-state index in [2.05, 4.69) is 69.5 Å². The molecule has 0 amide bonds. The average Bonchev–Trinajstić information content (AvgIpc) is 3.32. The predicted octanol–water partition coefficient (Wildman–Crippen LogP) is 4.64. The third-order valence-corrected chi connectivity index (χ3v) is 6.68. The fraction of sp³-hybridized carbons (Fsp3) is 0.360. The summed E-state index contributed by atoms with van der Waals surface area (Å²) in [6.07, 6.45) is 5.74. The van der Waals surface area contributed by atoms with Crippen molar-refractivity contribution in [1.82, 2.24) is 29.5 Å². The van der Waals surface area contributed by atoms with Gasteiger partial charge in [0, 0.05) is 23.7 Å². The van der Waals surface area contributed by atoms with Gasteiger partial charge in [-0.15, -0.1) is 0 Å². The molecule has 1 N–H and O–H groups in total. The van der Waals surface area contributed by atoms with E-state index in [0.717, 1.165) is 23.5 Å². The van der Waals surface area contributed by atoms with Gasteiger partial charge in [-0.05, 0) is 23.8 Å². The maximum absolute atomic E-state index is 13.2. The average molecular weight is 427 g/mol. The zero-order valence-corrected chi connectivity index (χ0v) is 18.5. The first kappa shape index (κ1) is 19.2. The minimum atomic E-state index is -0.0673. The van der Waals surface area contributed by atoms with Gasteiger partial charge < -0.3 is 4.57 Å². The van der Waals surface area contributed by atoms with Crippen LogP contribution >= 0.6 is 0 Å². The van der Waals surface area contributed by atoms with Crippen LogP contribution in [0.1, 0.15) is 51.3 Å². The van der Waals surface area contributed by atoms with E-state index in [1.54, 1.807) is 6.07 Å². The summed E-state index contributed by atoms with van der Waals surface area (Å²) >= 11 is 0. The molecule has 2 aliphatic rings. The Morgan fingerprint density at radius 3 is 2.56 bits per heavy atom. The van der Waals surface area contributed by atoms with Gasteiger partial charge in [0.25, 0.3) is 0 Å². The molecule has 1 fully saturated rings. The first-order chi connectivity index (χ1) is 15.4. The lowest BCUT2D eigenvalue weighted by Crippen LogP contribution is -2.34. The second kappa shape index (κ2) is 6.76. The molecule has 1 aromatic carbocycles. The van der Waals surface area contributed by atoms with Crippen molar-refractivity contribution in [3.8, 4) is 33.9 Å². The van der Waals surface area contributed by atoms with Gasteiger partial charge in [-0.3, -0.25) is 14.6 Å².